The van der Waals surface area contributed by atoms with Gasteiger partial charge in [-0.05, 0) is 67.6 Å². The van der Waals surface area contributed by atoms with Crippen LogP contribution in [0.2, 0.25) is 0 Å². The number of carbonyl (C=O) groups excluding carboxylic acids is 1. The monoisotopic (exact) mass is 413 g/mol. The van der Waals surface area contributed by atoms with Gasteiger partial charge in [0, 0.05) is 17.0 Å². The second-order valence-corrected chi connectivity index (χ2v) is 9.98. The molecule has 0 aliphatic rings. The largest absolute Gasteiger partial charge is 0.350 e. The van der Waals surface area contributed by atoms with Crippen LogP contribution in [0, 0.1) is 20.8 Å². The summed E-state index contributed by atoms with van der Waals surface area (Å²) in [6, 6.07) is 16.0. The second-order valence-electron chi connectivity index (χ2n) is 6.87. The minimum Gasteiger partial charge on any atom is -0.350 e. The quantitative estimate of drug-likeness (QED) is 0.641. The van der Waals surface area contributed by atoms with E-state index in [0.717, 1.165) is 16.7 Å². The van der Waals surface area contributed by atoms with E-state index in [1.165, 1.54) is 11.3 Å². The number of carbonyl (C=O) groups is 1. The summed E-state index contributed by atoms with van der Waals surface area (Å²) in [7, 11) is -3.65. The fourth-order valence-electron chi connectivity index (χ4n) is 2.89. The fraction of sp³-hybridized carbons (Fsp3) is 0.227. The number of aryl methyl sites for hydroxylation is 3. The van der Waals surface area contributed by atoms with Crippen molar-refractivity contribution in [2.24, 2.45) is 0 Å². The van der Waals surface area contributed by atoms with Crippen LogP contribution < -0.4 is 5.32 Å². The summed E-state index contributed by atoms with van der Waals surface area (Å²) in [5.41, 5.74) is 3.54. The Bertz CT molecular complexity index is 1070. The zero-order valence-corrected chi connectivity index (χ0v) is 17.7. The number of nitrogens with one attached hydrogen (secondary N) is 1. The van der Waals surface area contributed by atoms with E-state index >= 15 is 0 Å². The Labute approximate surface area is 170 Å². The van der Waals surface area contributed by atoms with Crippen LogP contribution >= 0.6 is 11.3 Å². The minimum absolute atomic E-state index is 0.0163. The Hall–Kier alpha value is -2.44. The molecule has 4 nitrogen and oxygen atoms in total. The van der Waals surface area contributed by atoms with E-state index in [1.807, 2.05) is 50.4 Å². The number of hydrogen-bond acceptors (Lipinski definition) is 4. The molecule has 3 rings (SSSR count). The molecule has 28 heavy (non-hydrogen) atoms. The highest BCUT2D eigenvalue weighted by molar-refractivity contribution is 7.91. The number of thiophene rings is 1. The predicted octanol–water partition coefficient (Wildman–Crippen LogP) is 4.62. The van der Waals surface area contributed by atoms with Crippen LogP contribution in [0.4, 0.5) is 0 Å². The van der Waals surface area contributed by atoms with Gasteiger partial charge in [-0.1, -0.05) is 29.8 Å². The van der Waals surface area contributed by atoms with Crippen LogP contribution in [0.5, 0.6) is 0 Å². The molecule has 6 heteroatoms. The van der Waals surface area contributed by atoms with Gasteiger partial charge in [0.15, 0.2) is 9.84 Å². The van der Waals surface area contributed by atoms with Crippen molar-refractivity contribution in [2.45, 2.75) is 30.9 Å². The average Bonchev–Trinajstić information content (AvgIpc) is 3.18. The normalized spacial score (nSPS) is 12.5. The van der Waals surface area contributed by atoms with E-state index < -0.39 is 15.1 Å². The maximum absolute atomic E-state index is 13.3. The third kappa shape index (κ3) is 4.34. The van der Waals surface area contributed by atoms with Crippen molar-refractivity contribution in [3.05, 3.63) is 87.1 Å². The Kier molecular flexibility index (Phi) is 6.01. The van der Waals surface area contributed by atoms with Gasteiger partial charge in [0.2, 0.25) is 0 Å². The van der Waals surface area contributed by atoms with Gasteiger partial charge >= 0.3 is 0 Å². The maximum atomic E-state index is 13.3. The molecule has 0 unspecified atom stereocenters. The van der Waals surface area contributed by atoms with E-state index in [-0.39, 0.29) is 17.3 Å². The topological polar surface area (TPSA) is 63.2 Å². The van der Waals surface area contributed by atoms with Gasteiger partial charge in [-0.2, -0.15) is 0 Å². The van der Waals surface area contributed by atoms with Crippen LogP contribution in [-0.4, -0.2) is 20.9 Å². The van der Waals surface area contributed by atoms with Crippen LogP contribution in [0.1, 0.15) is 37.2 Å². The van der Waals surface area contributed by atoms with Gasteiger partial charge in [0.25, 0.3) is 5.91 Å². The van der Waals surface area contributed by atoms with Crippen LogP contribution in [0.15, 0.2) is 64.9 Å². The van der Waals surface area contributed by atoms with Gasteiger partial charge in [0.05, 0.1) is 4.90 Å². The van der Waals surface area contributed by atoms with Crippen LogP contribution in [0.3, 0.4) is 0 Å². The molecule has 1 N–H and O–H groups in total. The van der Waals surface area contributed by atoms with Gasteiger partial charge in [-0.3, -0.25) is 4.79 Å². The predicted molar refractivity (Wildman–Crippen MR) is 114 cm³/mol. The Morgan fingerprint density at radius 3 is 2.32 bits per heavy atom. The molecular formula is C22H23NO3S2. The molecule has 0 aliphatic carbocycles. The van der Waals surface area contributed by atoms with Crippen molar-refractivity contribution in [3.8, 4) is 0 Å². The molecular weight excluding hydrogens is 390 g/mol. The molecule has 3 aromatic rings. The zero-order chi connectivity index (χ0) is 20.3. The van der Waals surface area contributed by atoms with E-state index in [2.05, 4.69) is 5.32 Å². The highest BCUT2D eigenvalue weighted by atomic mass is 32.2. The smallest absolute Gasteiger partial charge is 0.251 e. The molecule has 0 saturated carbocycles. The first kappa shape index (κ1) is 20.3. The third-order valence-electron chi connectivity index (χ3n) is 4.80. The molecule has 0 radical (unpaired) electrons. The van der Waals surface area contributed by atoms with E-state index in [1.54, 1.807) is 30.3 Å². The second kappa shape index (κ2) is 8.29. The lowest BCUT2D eigenvalue weighted by Gasteiger charge is -2.18. The molecule has 0 bridgehead atoms. The lowest BCUT2D eigenvalue weighted by molar-refractivity contribution is 0.0953. The molecule has 146 valence electrons. The molecule has 0 saturated heterocycles. The van der Waals surface area contributed by atoms with Gasteiger partial charge in [-0.25, -0.2) is 8.42 Å². The summed E-state index contributed by atoms with van der Waals surface area (Å²) < 4.78 is 26.7. The summed E-state index contributed by atoms with van der Waals surface area (Å²) in [6.45, 7) is 5.81. The van der Waals surface area contributed by atoms with E-state index in [9.17, 15) is 13.2 Å². The number of hydrogen-bond donors (Lipinski definition) is 1. The van der Waals surface area contributed by atoms with Gasteiger partial charge < -0.3 is 5.32 Å². The Morgan fingerprint density at radius 2 is 1.71 bits per heavy atom. The lowest BCUT2D eigenvalue weighted by atomic mass is 10.1. The van der Waals surface area contributed by atoms with Gasteiger partial charge in [0.1, 0.15) is 5.25 Å². The lowest BCUT2D eigenvalue weighted by Crippen LogP contribution is -2.31. The van der Waals surface area contributed by atoms with Crippen LogP contribution in [0.25, 0.3) is 0 Å². The molecule has 0 spiro atoms. The highest BCUT2D eigenvalue weighted by Crippen LogP contribution is 2.32. The van der Waals surface area contributed by atoms with Crippen molar-refractivity contribution in [2.75, 3.05) is 6.54 Å². The maximum Gasteiger partial charge on any atom is 0.251 e. The number of sulfone groups is 1. The third-order valence-corrected chi connectivity index (χ3v) is 8.02. The molecule has 1 aromatic heterocycles. The Morgan fingerprint density at radius 1 is 1.00 bits per heavy atom. The fourth-order valence-corrected chi connectivity index (χ4v) is 5.75. The number of benzene rings is 2. The summed E-state index contributed by atoms with van der Waals surface area (Å²) in [5, 5.41) is 3.81. The first-order valence-electron chi connectivity index (χ1n) is 8.98. The molecule has 2 aromatic carbocycles. The summed E-state index contributed by atoms with van der Waals surface area (Å²) in [4.78, 5) is 13.5. The zero-order valence-electron chi connectivity index (χ0n) is 16.1. The van der Waals surface area contributed by atoms with E-state index in [0.29, 0.717) is 10.4 Å². The first-order valence-corrected chi connectivity index (χ1v) is 11.4. The van der Waals surface area contributed by atoms with Crippen molar-refractivity contribution < 1.29 is 13.2 Å². The molecule has 1 heterocycles. The highest BCUT2D eigenvalue weighted by Gasteiger charge is 2.30. The van der Waals surface area contributed by atoms with Crippen LogP contribution in [-0.2, 0) is 9.84 Å². The van der Waals surface area contributed by atoms with Crippen molar-refractivity contribution >= 4 is 27.1 Å². The average molecular weight is 414 g/mol. The standard InChI is InChI=1S/C22H23NO3S2/c1-15-6-9-18(10-7-15)22(24)23-14-21(20-5-4-12-27-20)28(25,26)19-11-8-16(2)17(3)13-19/h4-13,21H,14H2,1-3H3,(H,23,24)/t21-/m1/s1. The first-order chi connectivity index (χ1) is 13.3. The molecule has 0 aliphatic heterocycles. The number of amides is 1. The molecule has 1 amide bonds. The summed E-state index contributed by atoms with van der Waals surface area (Å²) in [6.07, 6.45) is 0. The number of rotatable bonds is 6. The van der Waals surface area contributed by atoms with E-state index in [4.69, 9.17) is 0 Å². The molecule has 0 fully saturated rings. The molecule has 1 atom stereocenters. The summed E-state index contributed by atoms with van der Waals surface area (Å²) >= 11 is 1.38. The minimum atomic E-state index is -3.65. The Balaban J connectivity index is 1.88. The van der Waals surface area contributed by atoms with Crippen molar-refractivity contribution in [1.82, 2.24) is 5.32 Å². The van der Waals surface area contributed by atoms with Gasteiger partial charge in [-0.15, -0.1) is 11.3 Å². The SMILES string of the molecule is Cc1ccc(C(=O)NC[C@H](c2cccs2)S(=O)(=O)c2ccc(C)c(C)c2)cc1. The van der Waals surface area contributed by atoms with Crippen molar-refractivity contribution in [1.29, 1.82) is 0 Å². The summed E-state index contributed by atoms with van der Waals surface area (Å²) in [5.74, 6) is -0.281. The van der Waals surface area contributed by atoms with Crippen molar-refractivity contribution in [3.63, 3.8) is 0 Å².